The number of fused-ring (bicyclic) bond motifs is 1. The number of hydrogen-bond acceptors (Lipinski definition) is 4. The van der Waals surface area contributed by atoms with E-state index >= 15 is 0 Å². The molecule has 0 bridgehead atoms. The molecule has 0 saturated heterocycles. The Morgan fingerprint density at radius 1 is 1.40 bits per heavy atom. The fourth-order valence-electron chi connectivity index (χ4n) is 2.32. The third-order valence-corrected chi connectivity index (χ3v) is 3.69. The van der Waals surface area contributed by atoms with Crippen LogP contribution < -0.4 is 15.2 Å². The summed E-state index contributed by atoms with van der Waals surface area (Å²) in [5.41, 5.74) is 7.72. The maximum Gasteiger partial charge on any atom is 0.231 e. The van der Waals surface area contributed by atoms with Crippen molar-refractivity contribution >= 4 is 17.4 Å². The minimum absolute atomic E-state index is 0.192. The van der Waals surface area contributed by atoms with Crippen LogP contribution in [0.15, 0.2) is 12.1 Å². The Labute approximate surface area is 122 Å². The summed E-state index contributed by atoms with van der Waals surface area (Å²) in [7, 11) is 1.92. The molecule has 1 aromatic heterocycles. The lowest BCUT2D eigenvalue weighted by Gasteiger charge is -2.04. The van der Waals surface area contributed by atoms with Gasteiger partial charge < -0.3 is 19.8 Å². The van der Waals surface area contributed by atoms with Crippen molar-refractivity contribution in [1.82, 2.24) is 9.55 Å². The molecule has 5 nitrogen and oxygen atoms in total. The average molecular weight is 294 g/mol. The summed E-state index contributed by atoms with van der Waals surface area (Å²) in [4.78, 5) is 4.62. The van der Waals surface area contributed by atoms with Crippen molar-refractivity contribution in [3.63, 3.8) is 0 Å². The van der Waals surface area contributed by atoms with E-state index in [1.807, 2.05) is 23.7 Å². The van der Waals surface area contributed by atoms with Crippen LogP contribution in [-0.4, -0.2) is 16.3 Å². The maximum absolute atomic E-state index is 6.20. The minimum Gasteiger partial charge on any atom is -0.454 e. The lowest BCUT2D eigenvalue weighted by Crippen LogP contribution is -2.01. The van der Waals surface area contributed by atoms with E-state index in [9.17, 15) is 0 Å². The highest BCUT2D eigenvalue weighted by molar-refractivity contribution is 6.32. The van der Waals surface area contributed by atoms with Crippen molar-refractivity contribution in [3.8, 4) is 22.8 Å². The highest BCUT2D eigenvalue weighted by Gasteiger charge is 2.21. The second kappa shape index (κ2) is 4.90. The summed E-state index contributed by atoms with van der Waals surface area (Å²) in [5.74, 6) is 2.81. The van der Waals surface area contributed by atoms with Gasteiger partial charge in [-0.15, -0.1) is 0 Å². The number of aromatic nitrogens is 2. The van der Waals surface area contributed by atoms with Gasteiger partial charge in [0.05, 0.1) is 5.02 Å². The van der Waals surface area contributed by atoms with Gasteiger partial charge >= 0.3 is 0 Å². The number of nitrogen functional groups attached to an aromatic ring is 1. The Balaban J connectivity index is 2.10. The molecule has 2 heterocycles. The van der Waals surface area contributed by atoms with Gasteiger partial charge in [0.15, 0.2) is 11.5 Å². The molecule has 20 heavy (non-hydrogen) atoms. The highest BCUT2D eigenvalue weighted by atomic mass is 35.5. The van der Waals surface area contributed by atoms with E-state index in [-0.39, 0.29) is 6.79 Å². The third kappa shape index (κ3) is 1.98. The molecular weight excluding hydrogens is 278 g/mol. The van der Waals surface area contributed by atoms with Crippen LogP contribution >= 0.6 is 11.6 Å². The monoisotopic (exact) mass is 293 g/mol. The van der Waals surface area contributed by atoms with E-state index in [1.54, 1.807) is 0 Å². The van der Waals surface area contributed by atoms with Crippen LogP contribution in [0.5, 0.6) is 11.5 Å². The first kappa shape index (κ1) is 13.1. The van der Waals surface area contributed by atoms with E-state index in [0.717, 1.165) is 29.9 Å². The molecule has 0 spiro atoms. The first-order valence-electron chi connectivity index (χ1n) is 6.52. The fourth-order valence-corrected chi connectivity index (χ4v) is 2.59. The Morgan fingerprint density at radius 2 is 2.20 bits per heavy atom. The zero-order valence-corrected chi connectivity index (χ0v) is 12.2. The molecule has 3 rings (SSSR count). The predicted octanol–water partition coefficient (Wildman–Crippen LogP) is 3.00. The summed E-state index contributed by atoms with van der Waals surface area (Å²) >= 11 is 6.20. The van der Waals surface area contributed by atoms with E-state index in [1.165, 1.54) is 0 Å². The van der Waals surface area contributed by atoms with Crippen molar-refractivity contribution in [2.75, 3.05) is 12.5 Å². The fraction of sp³-hybridized carbons (Fsp3) is 0.357. The third-order valence-electron chi connectivity index (χ3n) is 3.41. The van der Waals surface area contributed by atoms with Crippen molar-refractivity contribution in [1.29, 1.82) is 0 Å². The van der Waals surface area contributed by atoms with E-state index < -0.39 is 0 Å². The highest BCUT2D eigenvalue weighted by Crippen LogP contribution is 2.43. The lowest BCUT2D eigenvalue weighted by molar-refractivity contribution is 0.174. The summed E-state index contributed by atoms with van der Waals surface area (Å²) in [6.07, 6.45) is 1.91. The first-order chi connectivity index (χ1) is 9.61. The molecule has 6 heteroatoms. The van der Waals surface area contributed by atoms with E-state index in [4.69, 9.17) is 26.8 Å². The lowest BCUT2D eigenvalue weighted by atomic mass is 10.1. The normalized spacial score (nSPS) is 12.9. The predicted molar refractivity (Wildman–Crippen MR) is 78.2 cm³/mol. The zero-order valence-electron chi connectivity index (χ0n) is 11.4. The van der Waals surface area contributed by atoms with Crippen LogP contribution in [0.2, 0.25) is 5.02 Å². The van der Waals surface area contributed by atoms with Gasteiger partial charge in [-0.1, -0.05) is 18.5 Å². The van der Waals surface area contributed by atoms with Gasteiger partial charge in [-0.2, -0.15) is 0 Å². The molecule has 0 fully saturated rings. The molecule has 1 aromatic carbocycles. The molecule has 0 radical (unpaired) electrons. The van der Waals surface area contributed by atoms with Gasteiger partial charge in [0.1, 0.15) is 17.3 Å². The molecule has 1 aliphatic rings. The van der Waals surface area contributed by atoms with Gasteiger partial charge in [-0.05, 0) is 18.6 Å². The Morgan fingerprint density at radius 3 is 2.95 bits per heavy atom. The van der Waals surface area contributed by atoms with Crippen LogP contribution in [-0.2, 0) is 13.5 Å². The quantitative estimate of drug-likeness (QED) is 0.945. The largest absolute Gasteiger partial charge is 0.454 e. The molecule has 0 amide bonds. The summed E-state index contributed by atoms with van der Waals surface area (Å²) in [6, 6.07) is 3.67. The molecule has 0 atom stereocenters. The van der Waals surface area contributed by atoms with Crippen LogP contribution in [0, 0.1) is 0 Å². The molecule has 0 aliphatic carbocycles. The minimum atomic E-state index is 0.192. The number of imidazole rings is 1. The van der Waals surface area contributed by atoms with Gasteiger partial charge in [0, 0.05) is 19.0 Å². The van der Waals surface area contributed by atoms with Gasteiger partial charge in [0.25, 0.3) is 0 Å². The molecule has 106 valence electrons. The second-order valence-corrected chi connectivity index (χ2v) is 5.17. The van der Waals surface area contributed by atoms with Gasteiger partial charge in [-0.25, -0.2) is 4.98 Å². The van der Waals surface area contributed by atoms with E-state index in [2.05, 4.69) is 11.9 Å². The van der Waals surface area contributed by atoms with Crippen molar-refractivity contribution in [3.05, 3.63) is 23.0 Å². The molecule has 2 N–H and O–H groups in total. The number of benzene rings is 1. The van der Waals surface area contributed by atoms with Crippen molar-refractivity contribution in [2.24, 2.45) is 7.05 Å². The molecule has 0 unspecified atom stereocenters. The standard InChI is InChI=1S/C14H16ClN3O2/c1-3-4-11-17-12(14(16)18(11)2)8-5-9(15)13-10(6-8)19-7-20-13/h5-6H,3-4,7,16H2,1-2H3. The van der Waals surface area contributed by atoms with E-state index in [0.29, 0.717) is 22.3 Å². The molecule has 1 aliphatic heterocycles. The van der Waals surface area contributed by atoms with Crippen molar-refractivity contribution < 1.29 is 9.47 Å². The summed E-state index contributed by atoms with van der Waals surface area (Å²) in [5, 5.41) is 0.511. The molecule has 0 saturated carbocycles. The second-order valence-electron chi connectivity index (χ2n) is 4.76. The molecular formula is C14H16ClN3O2. The van der Waals surface area contributed by atoms with Crippen LogP contribution in [0.4, 0.5) is 5.82 Å². The SMILES string of the molecule is CCCc1nc(-c2cc(Cl)c3c(c2)OCO3)c(N)n1C. The Bertz CT molecular complexity index is 667. The van der Waals surface area contributed by atoms with Gasteiger partial charge in [-0.3, -0.25) is 0 Å². The Kier molecular flexibility index (Phi) is 3.22. The number of nitrogens with zero attached hydrogens (tertiary/aromatic N) is 2. The van der Waals surface area contributed by atoms with Gasteiger partial charge in [0.2, 0.25) is 6.79 Å². The smallest absolute Gasteiger partial charge is 0.231 e. The summed E-state index contributed by atoms with van der Waals surface area (Å²) in [6.45, 7) is 2.30. The maximum atomic E-state index is 6.20. The Hall–Kier alpha value is -1.88. The summed E-state index contributed by atoms with van der Waals surface area (Å²) < 4.78 is 12.6. The number of anilines is 1. The average Bonchev–Trinajstić information content (AvgIpc) is 2.99. The number of aryl methyl sites for hydroxylation is 1. The number of halogens is 1. The van der Waals surface area contributed by atoms with Crippen LogP contribution in [0.3, 0.4) is 0 Å². The number of nitrogens with two attached hydrogens (primary N) is 1. The topological polar surface area (TPSA) is 62.3 Å². The molecule has 2 aromatic rings. The van der Waals surface area contributed by atoms with Crippen molar-refractivity contribution in [2.45, 2.75) is 19.8 Å². The van der Waals surface area contributed by atoms with Crippen LogP contribution in [0.25, 0.3) is 11.3 Å². The zero-order chi connectivity index (χ0) is 14.3. The first-order valence-corrected chi connectivity index (χ1v) is 6.90. The number of ether oxygens (including phenoxy) is 2. The van der Waals surface area contributed by atoms with Crippen LogP contribution in [0.1, 0.15) is 19.2 Å². The number of rotatable bonds is 3. The number of hydrogen-bond donors (Lipinski definition) is 1.